The summed E-state index contributed by atoms with van der Waals surface area (Å²) in [5.74, 6) is 0.401. The first kappa shape index (κ1) is 16.0. The van der Waals surface area contributed by atoms with E-state index in [4.69, 9.17) is 9.47 Å². The van der Waals surface area contributed by atoms with Gasteiger partial charge in [-0.05, 0) is 24.3 Å². The Morgan fingerprint density at radius 2 is 2.24 bits per heavy atom. The lowest BCUT2D eigenvalue weighted by molar-refractivity contribution is -0.00448. The summed E-state index contributed by atoms with van der Waals surface area (Å²) < 4.78 is 12.5. The number of amides is 1. The van der Waals surface area contributed by atoms with Crippen molar-refractivity contribution in [1.29, 1.82) is 0 Å². The molecule has 1 aliphatic rings. The van der Waals surface area contributed by atoms with Gasteiger partial charge in [-0.15, -0.1) is 11.3 Å². The topological polar surface area (TPSA) is 73.3 Å². The van der Waals surface area contributed by atoms with Crippen LogP contribution in [0.3, 0.4) is 0 Å². The van der Waals surface area contributed by atoms with Crippen LogP contribution in [0.1, 0.15) is 16.8 Å². The number of nitrogens with zero attached hydrogens (tertiary/aromatic N) is 2. The monoisotopic (exact) mass is 355 g/mol. The van der Waals surface area contributed by atoms with Crippen LogP contribution in [0, 0.1) is 0 Å². The number of benzene rings is 1. The fourth-order valence-electron chi connectivity index (χ4n) is 2.82. The summed E-state index contributed by atoms with van der Waals surface area (Å²) in [6.45, 7) is 1.02. The number of carbonyl (C=O) groups excluding carboxylic acids is 1. The van der Waals surface area contributed by atoms with Crippen LogP contribution in [0.25, 0.3) is 10.2 Å². The fraction of sp³-hybridized carbons (Fsp3) is 0.278. The molecule has 7 heteroatoms. The van der Waals surface area contributed by atoms with E-state index in [2.05, 4.69) is 15.3 Å². The van der Waals surface area contributed by atoms with Crippen LogP contribution in [-0.4, -0.2) is 41.2 Å². The third-order valence-corrected chi connectivity index (χ3v) is 4.92. The number of hydrogen-bond donors (Lipinski definition) is 1. The van der Waals surface area contributed by atoms with Crippen LogP contribution < -0.4 is 10.1 Å². The van der Waals surface area contributed by atoms with Crippen LogP contribution in [0.15, 0.2) is 48.1 Å². The zero-order valence-corrected chi connectivity index (χ0v) is 14.2. The van der Waals surface area contributed by atoms with Gasteiger partial charge in [0.05, 0.1) is 35.0 Å². The molecule has 0 bridgehead atoms. The van der Waals surface area contributed by atoms with Crippen LogP contribution in [0.2, 0.25) is 0 Å². The maximum Gasteiger partial charge on any atom is 0.251 e. The highest BCUT2D eigenvalue weighted by Gasteiger charge is 2.29. The number of nitrogens with one attached hydrogen (secondary N) is 1. The van der Waals surface area contributed by atoms with E-state index >= 15 is 0 Å². The van der Waals surface area contributed by atoms with Gasteiger partial charge in [0, 0.05) is 24.2 Å². The maximum atomic E-state index is 12.6. The first-order chi connectivity index (χ1) is 12.3. The van der Waals surface area contributed by atoms with Gasteiger partial charge < -0.3 is 14.8 Å². The van der Waals surface area contributed by atoms with Crippen molar-refractivity contribution in [3.8, 4) is 5.88 Å². The lowest BCUT2D eigenvalue weighted by atomic mass is 10.1. The molecule has 0 spiro atoms. The predicted octanol–water partition coefficient (Wildman–Crippen LogP) is 2.66. The minimum atomic E-state index is -0.227. The van der Waals surface area contributed by atoms with E-state index in [1.54, 1.807) is 29.1 Å². The standard InChI is InChI=1S/C18H17N3O3S/c22-18(12-4-5-16-13(9-12)20-11-25-16)21-14-10-23-8-6-15(14)24-17-3-1-2-7-19-17/h1-5,7,9,11,14-15H,6,8,10H2,(H,21,22)/t14-,15-/m1/s1. The highest BCUT2D eigenvalue weighted by Crippen LogP contribution is 2.20. The third kappa shape index (κ3) is 3.62. The molecular weight excluding hydrogens is 338 g/mol. The van der Waals surface area contributed by atoms with Crippen molar-refractivity contribution in [2.24, 2.45) is 0 Å². The zero-order chi connectivity index (χ0) is 17.1. The molecule has 2 aromatic heterocycles. The van der Waals surface area contributed by atoms with Crippen molar-refractivity contribution in [3.05, 3.63) is 53.7 Å². The molecule has 0 saturated carbocycles. The average Bonchev–Trinajstić information content (AvgIpc) is 3.12. The van der Waals surface area contributed by atoms with Gasteiger partial charge in [-0.2, -0.15) is 0 Å². The van der Waals surface area contributed by atoms with Crippen molar-refractivity contribution in [2.75, 3.05) is 13.2 Å². The molecule has 0 aliphatic carbocycles. The highest BCUT2D eigenvalue weighted by atomic mass is 32.1. The van der Waals surface area contributed by atoms with Crippen molar-refractivity contribution in [3.63, 3.8) is 0 Å². The lowest BCUT2D eigenvalue weighted by Crippen LogP contribution is -2.51. The van der Waals surface area contributed by atoms with E-state index in [9.17, 15) is 4.79 Å². The molecular formula is C18H17N3O3S. The summed E-state index contributed by atoms with van der Waals surface area (Å²) in [5, 5.41) is 3.02. The van der Waals surface area contributed by atoms with Crippen molar-refractivity contribution >= 4 is 27.5 Å². The molecule has 6 nitrogen and oxygen atoms in total. The second-order valence-corrected chi connectivity index (χ2v) is 6.69. The molecule has 1 fully saturated rings. The quantitative estimate of drug-likeness (QED) is 0.779. The average molecular weight is 355 g/mol. The third-order valence-electron chi connectivity index (χ3n) is 4.11. The second-order valence-electron chi connectivity index (χ2n) is 5.80. The molecule has 3 aromatic rings. The van der Waals surface area contributed by atoms with Crippen LogP contribution >= 0.6 is 11.3 Å². The smallest absolute Gasteiger partial charge is 0.251 e. The lowest BCUT2D eigenvalue weighted by Gasteiger charge is -2.32. The maximum absolute atomic E-state index is 12.6. The zero-order valence-electron chi connectivity index (χ0n) is 13.4. The summed E-state index contributed by atoms with van der Waals surface area (Å²) in [6, 6.07) is 10.8. The number of thiazole rings is 1. The van der Waals surface area contributed by atoms with Gasteiger partial charge in [-0.3, -0.25) is 4.79 Å². The summed E-state index contributed by atoms with van der Waals surface area (Å²) in [7, 11) is 0. The van der Waals surface area contributed by atoms with E-state index in [1.165, 1.54) is 0 Å². The Labute approximate surface area is 148 Å². The van der Waals surface area contributed by atoms with Gasteiger partial charge in [-0.1, -0.05) is 6.07 Å². The van der Waals surface area contributed by atoms with Crippen LogP contribution in [0.4, 0.5) is 0 Å². The molecule has 0 unspecified atom stereocenters. The molecule has 2 atom stereocenters. The number of hydrogen-bond acceptors (Lipinski definition) is 6. The number of carbonyl (C=O) groups is 1. The van der Waals surface area contributed by atoms with Crippen molar-refractivity contribution in [2.45, 2.75) is 18.6 Å². The van der Waals surface area contributed by atoms with Crippen molar-refractivity contribution in [1.82, 2.24) is 15.3 Å². The highest BCUT2D eigenvalue weighted by molar-refractivity contribution is 7.16. The van der Waals surface area contributed by atoms with Crippen LogP contribution in [-0.2, 0) is 4.74 Å². The minimum absolute atomic E-state index is 0.153. The molecule has 3 heterocycles. The predicted molar refractivity (Wildman–Crippen MR) is 95.0 cm³/mol. The van der Waals surface area contributed by atoms with Gasteiger partial charge in [0.15, 0.2) is 0 Å². The Bertz CT molecular complexity index is 868. The Kier molecular flexibility index (Phi) is 4.58. The molecule has 1 amide bonds. The number of aromatic nitrogens is 2. The molecule has 1 aliphatic heterocycles. The summed E-state index contributed by atoms with van der Waals surface area (Å²) >= 11 is 1.56. The van der Waals surface area contributed by atoms with Gasteiger partial charge in [0.25, 0.3) is 5.91 Å². The van der Waals surface area contributed by atoms with E-state index < -0.39 is 0 Å². The van der Waals surface area contributed by atoms with E-state index in [0.29, 0.717) is 31.1 Å². The SMILES string of the molecule is O=C(N[C@@H]1COCC[C@H]1Oc1ccccn1)c1ccc2scnc2c1. The summed E-state index contributed by atoms with van der Waals surface area (Å²) in [5.41, 5.74) is 3.19. The Hall–Kier alpha value is -2.51. The molecule has 128 valence electrons. The van der Waals surface area contributed by atoms with Gasteiger partial charge in [0.2, 0.25) is 5.88 Å². The van der Waals surface area contributed by atoms with Gasteiger partial charge in [-0.25, -0.2) is 9.97 Å². The number of pyridine rings is 1. The molecule has 1 aromatic carbocycles. The minimum Gasteiger partial charge on any atom is -0.472 e. The van der Waals surface area contributed by atoms with E-state index in [0.717, 1.165) is 10.2 Å². The first-order valence-corrected chi connectivity index (χ1v) is 8.97. The molecule has 25 heavy (non-hydrogen) atoms. The van der Waals surface area contributed by atoms with Crippen LogP contribution in [0.5, 0.6) is 5.88 Å². The summed E-state index contributed by atoms with van der Waals surface area (Å²) in [4.78, 5) is 21.1. The van der Waals surface area contributed by atoms with E-state index in [1.807, 2.05) is 30.3 Å². The Balaban J connectivity index is 1.47. The fourth-order valence-corrected chi connectivity index (χ4v) is 3.48. The molecule has 0 radical (unpaired) electrons. The summed E-state index contributed by atoms with van der Waals surface area (Å²) in [6.07, 6.45) is 2.22. The number of ether oxygens (including phenoxy) is 2. The molecule has 4 rings (SSSR count). The number of fused-ring (bicyclic) bond motifs is 1. The second kappa shape index (κ2) is 7.16. The Morgan fingerprint density at radius 1 is 1.28 bits per heavy atom. The largest absolute Gasteiger partial charge is 0.472 e. The van der Waals surface area contributed by atoms with Crippen molar-refractivity contribution < 1.29 is 14.3 Å². The normalized spacial score (nSPS) is 20.3. The van der Waals surface area contributed by atoms with E-state index in [-0.39, 0.29) is 18.1 Å². The van der Waals surface area contributed by atoms with Gasteiger partial charge in [0.1, 0.15) is 6.10 Å². The van der Waals surface area contributed by atoms with Gasteiger partial charge >= 0.3 is 0 Å². The molecule has 1 saturated heterocycles. The number of rotatable bonds is 4. The molecule has 1 N–H and O–H groups in total. The Morgan fingerprint density at radius 3 is 3.12 bits per heavy atom. The first-order valence-electron chi connectivity index (χ1n) is 8.09.